The maximum atomic E-state index is 13.4. The van der Waals surface area contributed by atoms with Gasteiger partial charge >= 0.3 is 0 Å². The van der Waals surface area contributed by atoms with Gasteiger partial charge in [-0.25, -0.2) is 14.4 Å². The fraction of sp³-hybridized carbons (Fsp3) is 0.174. The minimum atomic E-state index is -0.327. The Morgan fingerprint density at radius 3 is 2.53 bits per heavy atom. The SMILES string of the molecule is Cc1sc2ncnc(SCC(=O)N(Cc3ccccc3)c3ccc(F)cc3)c2c1C. The van der Waals surface area contributed by atoms with Gasteiger partial charge in [-0.15, -0.1) is 11.3 Å². The molecule has 0 aliphatic heterocycles. The van der Waals surface area contributed by atoms with E-state index in [-0.39, 0.29) is 17.5 Å². The van der Waals surface area contributed by atoms with Crippen molar-refractivity contribution < 1.29 is 9.18 Å². The van der Waals surface area contributed by atoms with Crippen molar-refractivity contribution >= 4 is 44.9 Å². The number of aromatic nitrogens is 2. The molecule has 0 saturated carbocycles. The van der Waals surface area contributed by atoms with Crippen molar-refractivity contribution in [2.45, 2.75) is 25.4 Å². The summed E-state index contributed by atoms with van der Waals surface area (Å²) in [6.45, 7) is 4.54. The number of amides is 1. The summed E-state index contributed by atoms with van der Waals surface area (Å²) in [7, 11) is 0. The van der Waals surface area contributed by atoms with Gasteiger partial charge in [0.1, 0.15) is 22.0 Å². The zero-order valence-electron chi connectivity index (χ0n) is 16.6. The number of anilines is 1. The van der Waals surface area contributed by atoms with Gasteiger partial charge in [-0.05, 0) is 49.2 Å². The summed E-state index contributed by atoms with van der Waals surface area (Å²) in [5.41, 5.74) is 2.83. The van der Waals surface area contributed by atoms with Gasteiger partial charge in [0.05, 0.1) is 12.3 Å². The minimum absolute atomic E-state index is 0.0631. The summed E-state index contributed by atoms with van der Waals surface area (Å²) < 4.78 is 13.4. The van der Waals surface area contributed by atoms with Gasteiger partial charge in [0.25, 0.3) is 0 Å². The number of thioether (sulfide) groups is 1. The van der Waals surface area contributed by atoms with Crippen LogP contribution in [0.3, 0.4) is 0 Å². The molecule has 0 aliphatic rings. The van der Waals surface area contributed by atoms with E-state index in [2.05, 4.69) is 23.8 Å². The van der Waals surface area contributed by atoms with Crippen molar-refractivity contribution in [3.63, 3.8) is 0 Å². The molecular formula is C23H20FN3OS2. The molecule has 0 spiro atoms. The number of halogens is 1. The second-order valence-corrected chi connectivity index (χ2v) is 9.04. The van der Waals surface area contributed by atoms with E-state index in [1.165, 1.54) is 28.8 Å². The number of fused-ring (bicyclic) bond motifs is 1. The molecule has 2 heterocycles. The first-order valence-corrected chi connectivity index (χ1v) is 11.3. The second kappa shape index (κ2) is 8.93. The summed E-state index contributed by atoms with van der Waals surface area (Å²) in [5, 5.41) is 1.84. The Hall–Kier alpha value is -2.77. The van der Waals surface area contributed by atoms with Crippen molar-refractivity contribution in [2.24, 2.45) is 0 Å². The van der Waals surface area contributed by atoms with Crippen LogP contribution in [0, 0.1) is 19.7 Å². The summed E-state index contributed by atoms with van der Waals surface area (Å²) in [5.74, 6) is -0.163. The topological polar surface area (TPSA) is 46.1 Å². The number of carbonyl (C=O) groups is 1. The lowest BCUT2D eigenvalue weighted by molar-refractivity contribution is -0.116. The molecule has 4 rings (SSSR count). The first kappa shape index (κ1) is 20.5. The number of benzene rings is 2. The molecule has 0 saturated heterocycles. The highest BCUT2D eigenvalue weighted by atomic mass is 32.2. The normalized spacial score (nSPS) is 11.0. The predicted molar refractivity (Wildman–Crippen MR) is 122 cm³/mol. The predicted octanol–water partition coefficient (Wildman–Crippen LogP) is 5.77. The highest BCUT2D eigenvalue weighted by molar-refractivity contribution is 8.00. The maximum Gasteiger partial charge on any atom is 0.237 e. The molecule has 0 N–H and O–H groups in total. The van der Waals surface area contributed by atoms with Crippen LogP contribution in [0.5, 0.6) is 0 Å². The van der Waals surface area contributed by atoms with E-state index in [9.17, 15) is 9.18 Å². The fourth-order valence-corrected chi connectivity index (χ4v) is 5.17. The summed E-state index contributed by atoms with van der Waals surface area (Å²) in [4.78, 5) is 25.8. The molecule has 0 atom stereocenters. The lowest BCUT2D eigenvalue weighted by Crippen LogP contribution is -2.32. The van der Waals surface area contributed by atoms with Crippen LogP contribution in [0.25, 0.3) is 10.2 Å². The molecule has 2 aromatic carbocycles. The summed E-state index contributed by atoms with van der Waals surface area (Å²) in [6.07, 6.45) is 1.55. The van der Waals surface area contributed by atoms with Crippen LogP contribution in [0.4, 0.5) is 10.1 Å². The quantitative estimate of drug-likeness (QED) is 0.284. The molecule has 0 bridgehead atoms. The number of hydrogen-bond donors (Lipinski definition) is 0. The van der Waals surface area contributed by atoms with Gasteiger partial charge in [-0.1, -0.05) is 42.1 Å². The molecule has 30 heavy (non-hydrogen) atoms. The number of nitrogens with zero attached hydrogens (tertiary/aromatic N) is 3. The van der Waals surface area contributed by atoms with Crippen LogP contribution in [-0.4, -0.2) is 21.6 Å². The lowest BCUT2D eigenvalue weighted by atomic mass is 10.2. The third kappa shape index (κ3) is 4.37. The Balaban J connectivity index is 1.58. The van der Waals surface area contributed by atoms with E-state index in [0.717, 1.165) is 26.4 Å². The second-order valence-electron chi connectivity index (χ2n) is 6.87. The molecular weight excluding hydrogens is 417 g/mol. The Labute approximate surface area is 182 Å². The monoisotopic (exact) mass is 437 g/mol. The molecule has 0 fully saturated rings. The van der Waals surface area contributed by atoms with Gasteiger partial charge in [0.2, 0.25) is 5.91 Å². The Kier molecular flexibility index (Phi) is 6.11. The van der Waals surface area contributed by atoms with E-state index >= 15 is 0 Å². The third-order valence-corrected chi connectivity index (χ3v) is 6.98. The Morgan fingerprint density at radius 2 is 1.80 bits per heavy atom. The number of thiophene rings is 1. The molecule has 0 aliphatic carbocycles. The van der Waals surface area contributed by atoms with Crippen molar-refractivity contribution in [2.75, 3.05) is 10.7 Å². The van der Waals surface area contributed by atoms with Crippen LogP contribution < -0.4 is 4.90 Å². The lowest BCUT2D eigenvalue weighted by Gasteiger charge is -2.23. The van der Waals surface area contributed by atoms with E-state index in [0.29, 0.717) is 12.2 Å². The Morgan fingerprint density at radius 1 is 1.07 bits per heavy atom. The van der Waals surface area contributed by atoms with Gasteiger partial charge in [-0.2, -0.15) is 0 Å². The maximum absolute atomic E-state index is 13.4. The van der Waals surface area contributed by atoms with Crippen LogP contribution in [0.2, 0.25) is 0 Å². The number of rotatable bonds is 6. The number of hydrogen-bond acceptors (Lipinski definition) is 5. The van der Waals surface area contributed by atoms with Crippen LogP contribution in [0.15, 0.2) is 66.0 Å². The molecule has 7 heteroatoms. The zero-order chi connectivity index (χ0) is 21.1. The molecule has 2 aromatic heterocycles. The van der Waals surface area contributed by atoms with Crippen molar-refractivity contribution in [1.29, 1.82) is 0 Å². The first-order valence-electron chi connectivity index (χ1n) is 9.46. The Bertz CT molecular complexity index is 1180. The molecule has 0 unspecified atom stereocenters. The average Bonchev–Trinajstić information content (AvgIpc) is 3.06. The van der Waals surface area contributed by atoms with Crippen molar-refractivity contribution in [3.8, 4) is 0 Å². The van der Waals surface area contributed by atoms with E-state index in [1.54, 1.807) is 34.7 Å². The average molecular weight is 438 g/mol. The van der Waals surface area contributed by atoms with Crippen LogP contribution in [-0.2, 0) is 11.3 Å². The van der Waals surface area contributed by atoms with Crippen molar-refractivity contribution in [3.05, 3.63) is 82.7 Å². The minimum Gasteiger partial charge on any atom is -0.307 e. The van der Waals surface area contributed by atoms with Crippen LogP contribution in [0.1, 0.15) is 16.0 Å². The summed E-state index contributed by atoms with van der Waals surface area (Å²) >= 11 is 3.05. The number of carbonyl (C=O) groups excluding carboxylic acids is 1. The smallest absolute Gasteiger partial charge is 0.237 e. The zero-order valence-corrected chi connectivity index (χ0v) is 18.3. The highest BCUT2D eigenvalue weighted by Gasteiger charge is 2.19. The highest BCUT2D eigenvalue weighted by Crippen LogP contribution is 2.34. The van der Waals surface area contributed by atoms with Crippen LogP contribution >= 0.6 is 23.1 Å². The van der Waals surface area contributed by atoms with E-state index in [4.69, 9.17) is 0 Å². The molecule has 152 valence electrons. The first-order chi connectivity index (χ1) is 14.5. The largest absolute Gasteiger partial charge is 0.307 e. The molecule has 4 aromatic rings. The van der Waals surface area contributed by atoms with E-state index in [1.807, 2.05) is 30.3 Å². The van der Waals surface area contributed by atoms with Crippen molar-refractivity contribution in [1.82, 2.24) is 9.97 Å². The van der Waals surface area contributed by atoms with Gasteiger partial charge in [0.15, 0.2) is 0 Å². The van der Waals surface area contributed by atoms with E-state index < -0.39 is 0 Å². The molecule has 4 nitrogen and oxygen atoms in total. The molecule has 1 amide bonds. The van der Waals surface area contributed by atoms with Gasteiger partial charge in [-0.3, -0.25) is 4.79 Å². The van der Waals surface area contributed by atoms with Gasteiger partial charge in [0, 0.05) is 16.0 Å². The van der Waals surface area contributed by atoms with Gasteiger partial charge < -0.3 is 4.90 Å². The fourth-order valence-electron chi connectivity index (χ4n) is 3.18. The number of aryl methyl sites for hydroxylation is 2. The molecule has 0 radical (unpaired) electrons. The standard InChI is InChI=1S/C23H20FN3OS2/c1-15-16(2)30-23-21(15)22(25-14-26-23)29-13-20(28)27(12-17-6-4-3-5-7-17)19-10-8-18(24)9-11-19/h3-11,14H,12-13H2,1-2H3. The summed E-state index contributed by atoms with van der Waals surface area (Å²) in [6, 6.07) is 15.8. The third-order valence-electron chi connectivity index (χ3n) is 4.89.